The van der Waals surface area contributed by atoms with E-state index in [-0.39, 0.29) is 29.7 Å². The average molecular weight is 538 g/mol. The third-order valence-electron chi connectivity index (χ3n) is 8.01. The smallest absolute Gasteiger partial charge is 0.255 e. The number of nitrogens with two attached hydrogens (primary N) is 1. The Kier molecular flexibility index (Phi) is 6.21. The Morgan fingerprint density at radius 2 is 1.79 bits per heavy atom. The molecule has 3 aliphatic rings. The van der Waals surface area contributed by atoms with Crippen molar-refractivity contribution in [3.05, 3.63) is 63.8 Å². The minimum atomic E-state index is -2.67. The van der Waals surface area contributed by atoms with E-state index in [0.717, 1.165) is 0 Å². The molecule has 206 valence electrons. The second-order valence-electron chi connectivity index (χ2n) is 11.0. The molecule has 2 aromatic rings. The number of amides is 1. The molecule has 11 heteroatoms. The fraction of sp³-hybridized carbons (Fsp3) is 0.393. The Labute approximate surface area is 224 Å². The SMILES string of the molecule is CN(C)Cc1ccc(-c2ccc(O)c3c2C[C@H]2C[C@H]4[C@@H](N(C)C)C(O)=C(C(N)=O)C(=O)[C@@]4(O)C(O)=C2C3=O)o1. The van der Waals surface area contributed by atoms with E-state index in [0.29, 0.717) is 29.2 Å². The lowest BCUT2D eigenvalue weighted by Gasteiger charge is -2.50. The number of carbonyl (C=O) groups is 3. The number of primary amides is 1. The summed E-state index contributed by atoms with van der Waals surface area (Å²) in [6.45, 7) is 0.563. The fourth-order valence-electron chi connectivity index (χ4n) is 6.40. The van der Waals surface area contributed by atoms with Gasteiger partial charge in [0.05, 0.1) is 18.2 Å². The number of rotatable bonds is 5. The van der Waals surface area contributed by atoms with E-state index in [9.17, 15) is 34.8 Å². The van der Waals surface area contributed by atoms with Crippen LogP contribution in [0.25, 0.3) is 11.3 Å². The minimum absolute atomic E-state index is 0.0187. The lowest BCUT2D eigenvalue weighted by atomic mass is 9.58. The van der Waals surface area contributed by atoms with Gasteiger partial charge in [0, 0.05) is 17.1 Å². The molecule has 0 spiro atoms. The van der Waals surface area contributed by atoms with Gasteiger partial charge in [-0.15, -0.1) is 0 Å². The van der Waals surface area contributed by atoms with Gasteiger partial charge in [-0.1, -0.05) is 0 Å². The molecule has 1 aromatic heterocycles. The highest BCUT2D eigenvalue weighted by molar-refractivity contribution is 6.24. The van der Waals surface area contributed by atoms with Gasteiger partial charge in [0.2, 0.25) is 5.78 Å². The number of hydrogen-bond acceptors (Lipinski definition) is 10. The summed E-state index contributed by atoms with van der Waals surface area (Å²) in [6, 6.07) is 5.59. The molecule has 0 bridgehead atoms. The highest BCUT2D eigenvalue weighted by Gasteiger charge is 2.63. The second kappa shape index (κ2) is 9.08. The molecule has 3 aliphatic carbocycles. The zero-order valence-electron chi connectivity index (χ0n) is 22.1. The lowest BCUT2D eigenvalue weighted by molar-refractivity contribution is -0.148. The predicted molar refractivity (Wildman–Crippen MR) is 139 cm³/mol. The summed E-state index contributed by atoms with van der Waals surface area (Å²) >= 11 is 0. The number of furan rings is 1. The molecule has 0 radical (unpaired) electrons. The Morgan fingerprint density at radius 1 is 1.10 bits per heavy atom. The monoisotopic (exact) mass is 537 g/mol. The molecule has 39 heavy (non-hydrogen) atoms. The number of phenols is 1. The minimum Gasteiger partial charge on any atom is -0.510 e. The molecular formula is C28H31N3O8. The summed E-state index contributed by atoms with van der Waals surface area (Å²) in [5.74, 6) is -5.60. The first-order chi connectivity index (χ1) is 18.3. The van der Waals surface area contributed by atoms with Crippen molar-refractivity contribution in [1.82, 2.24) is 9.80 Å². The van der Waals surface area contributed by atoms with Crippen molar-refractivity contribution in [2.45, 2.75) is 31.0 Å². The van der Waals surface area contributed by atoms with Gasteiger partial charge in [0.25, 0.3) is 5.91 Å². The quantitative estimate of drug-likeness (QED) is 0.351. The van der Waals surface area contributed by atoms with Crippen LogP contribution < -0.4 is 5.73 Å². The molecule has 0 fully saturated rings. The van der Waals surface area contributed by atoms with Crippen LogP contribution in [0.15, 0.2) is 51.3 Å². The van der Waals surface area contributed by atoms with Crippen molar-refractivity contribution in [2.75, 3.05) is 28.2 Å². The number of likely N-dealkylation sites (N-methyl/N-ethyl adjacent to an activating group) is 1. The zero-order chi connectivity index (χ0) is 28.5. The third-order valence-corrected chi connectivity index (χ3v) is 8.01. The summed E-state index contributed by atoms with van der Waals surface area (Å²) in [4.78, 5) is 42.8. The number of Topliss-reactive ketones (excluding diaryl/α,β-unsaturated/α-hetero) is 2. The summed E-state index contributed by atoms with van der Waals surface area (Å²) in [5, 5.41) is 44.7. The number of ketones is 2. The number of allylic oxidation sites excluding steroid dienone is 1. The Morgan fingerprint density at radius 3 is 2.41 bits per heavy atom. The van der Waals surface area contributed by atoms with Crippen molar-refractivity contribution in [3.8, 4) is 17.1 Å². The van der Waals surface area contributed by atoms with Crippen LogP contribution >= 0.6 is 0 Å². The zero-order valence-corrected chi connectivity index (χ0v) is 22.1. The first-order valence-electron chi connectivity index (χ1n) is 12.5. The van der Waals surface area contributed by atoms with Crippen molar-refractivity contribution in [1.29, 1.82) is 0 Å². The maximum absolute atomic E-state index is 13.8. The number of aliphatic hydroxyl groups is 3. The average Bonchev–Trinajstić information content (AvgIpc) is 3.28. The molecule has 0 saturated heterocycles. The largest absolute Gasteiger partial charge is 0.510 e. The molecule has 1 amide bonds. The standard InChI is InChI=1S/C28H31N3O8/c1-30(2)11-13-5-8-18(39-13)14-6-7-17(32)20-15(14)9-12-10-16-22(31(3)4)24(34)21(27(29)37)26(36)28(16,38)25(35)19(12)23(20)33/h5-8,12,16,22,32,34-35,38H,9-11H2,1-4H3,(H2,29,37)/t12-,16-,22+,28-/m0/s1. The molecule has 1 aromatic carbocycles. The number of carbonyl (C=O) groups excluding carboxylic acids is 3. The third kappa shape index (κ3) is 3.80. The van der Waals surface area contributed by atoms with E-state index in [1.807, 2.05) is 25.1 Å². The summed E-state index contributed by atoms with van der Waals surface area (Å²) < 4.78 is 6.02. The van der Waals surface area contributed by atoms with Crippen LogP contribution in [-0.2, 0) is 22.6 Å². The molecule has 0 unspecified atom stereocenters. The Balaban J connectivity index is 1.67. The maximum atomic E-state index is 13.8. The van der Waals surface area contributed by atoms with Crippen LogP contribution in [0, 0.1) is 11.8 Å². The topological polar surface area (TPSA) is 178 Å². The van der Waals surface area contributed by atoms with Crippen LogP contribution in [0.5, 0.6) is 5.75 Å². The number of benzene rings is 1. The summed E-state index contributed by atoms with van der Waals surface area (Å²) in [6.07, 6.45) is 0.201. The van der Waals surface area contributed by atoms with Crippen LogP contribution in [0.4, 0.5) is 0 Å². The maximum Gasteiger partial charge on any atom is 0.255 e. The molecule has 0 aliphatic heterocycles. The number of phenolic OH excluding ortho intramolecular Hbond substituents is 1. The van der Waals surface area contributed by atoms with E-state index in [1.165, 1.54) is 11.0 Å². The van der Waals surface area contributed by atoms with Gasteiger partial charge in [-0.05, 0) is 76.8 Å². The van der Waals surface area contributed by atoms with Gasteiger partial charge in [0.1, 0.15) is 34.4 Å². The molecule has 6 N–H and O–H groups in total. The number of nitrogens with zero attached hydrogens (tertiary/aromatic N) is 2. The van der Waals surface area contributed by atoms with Crippen molar-refractivity contribution in [3.63, 3.8) is 0 Å². The number of aromatic hydroxyl groups is 1. The van der Waals surface area contributed by atoms with E-state index < -0.39 is 58.0 Å². The lowest BCUT2D eigenvalue weighted by Crippen LogP contribution is -2.63. The van der Waals surface area contributed by atoms with Crippen molar-refractivity contribution < 1.29 is 39.2 Å². The number of aliphatic hydroxyl groups excluding tert-OH is 2. The van der Waals surface area contributed by atoms with Crippen LogP contribution in [-0.4, -0.2) is 87.5 Å². The van der Waals surface area contributed by atoms with Crippen LogP contribution in [0.3, 0.4) is 0 Å². The van der Waals surface area contributed by atoms with E-state index in [4.69, 9.17) is 10.2 Å². The van der Waals surface area contributed by atoms with Gasteiger partial charge >= 0.3 is 0 Å². The van der Waals surface area contributed by atoms with Gasteiger partial charge in [-0.25, -0.2) is 0 Å². The first kappa shape index (κ1) is 26.7. The molecule has 4 atom stereocenters. The highest BCUT2D eigenvalue weighted by Crippen LogP contribution is 2.53. The van der Waals surface area contributed by atoms with Crippen LogP contribution in [0.1, 0.15) is 28.1 Å². The van der Waals surface area contributed by atoms with E-state index >= 15 is 0 Å². The normalized spacial score (nSPS) is 26.7. The molecular weight excluding hydrogens is 506 g/mol. The van der Waals surface area contributed by atoms with Gasteiger partial charge in [-0.3, -0.25) is 19.3 Å². The molecule has 11 nitrogen and oxygen atoms in total. The van der Waals surface area contributed by atoms with Gasteiger partial charge < -0.3 is 35.5 Å². The second-order valence-corrected chi connectivity index (χ2v) is 11.0. The highest BCUT2D eigenvalue weighted by atomic mass is 16.4. The van der Waals surface area contributed by atoms with Crippen molar-refractivity contribution in [2.24, 2.45) is 17.6 Å². The Hall–Kier alpha value is -3.93. The van der Waals surface area contributed by atoms with E-state index in [2.05, 4.69) is 0 Å². The molecule has 5 rings (SSSR count). The van der Waals surface area contributed by atoms with Gasteiger partial charge in [0.15, 0.2) is 11.4 Å². The number of hydrogen-bond donors (Lipinski definition) is 5. The molecule has 1 heterocycles. The summed E-state index contributed by atoms with van der Waals surface area (Å²) in [5.41, 5.74) is 2.72. The van der Waals surface area contributed by atoms with Crippen molar-refractivity contribution >= 4 is 17.5 Å². The molecule has 0 saturated carbocycles. The van der Waals surface area contributed by atoms with E-state index in [1.54, 1.807) is 26.2 Å². The van der Waals surface area contributed by atoms with Crippen LogP contribution in [0.2, 0.25) is 0 Å². The summed E-state index contributed by atoms with van der Waals surface area (Å²) in [7, 11) is 6.99. The fourth-order valence-corrected chi connectivity index (χ4v) is 6.40. The van der Waals surface area contributed by atoms with Gasteiger partial charge in [-0.2, -0.15) is 0 Å². The Bertz CT molecular complexity index is 1480. The first-order valence-corrected chi connectivity index (χ1v) is 12.5. The predicted octanol–water partition coefficient (Wildman–Crippen LogP) is 1.44. The number of fused-ring (bicyclic) bond motifs is 3.